The van der Waals surface area contributed by atoms with Crippen LogP contribution in [-0.4, -0.2) is 35.0 Å². The van der Waals surface area contributed by atoms with Crippen molar-refractivity contribution in [3.8, 4) is 0 Å². The molecule has 1 fully saturated rings. The van der Waals surface area contributed by atoms with Gasteiger partial charge in [-0.15, -0.1) is 11.3 Å². The summed E-state index contributed by atoms with van der Waals surface area (Å²) in [5.74, 6) is -0.116. The molecule has 31 heavy (non-hydrogen) atoms. The molecule has 1 saturated heterocycles. The molecule has 1 aromatic carbocycles. The van der Waals surface area contributed by atoms with Crippen LogP contribution in [0.3, 0.4) is 0 Å². The summed E-state index contributed by atoms with van der Waals surface area (Å²) in [5.41, 5.74) is 13.7. The number of hydrogen-bond acceptors (Lipinski definition) is 6. The maximum Gasteiger partial charge on any atom is 0.263 e. The number of nitrogens with zero attached hydrogens (tertiary/aromatic N) is 3. The molecule has 5 rings (SSSR count). The van der Waals surface area contributed by atoms with Gasteiger partial charge in [0.15, 0.2) is 0 Å². The molecule has 6 nitrogen and oxygen atoms in total. The fraction of sp³-hybridized carbons (Fsp3) is 0.458. The molecule has 3 aromatic rings. The van der Waals surface area contributed by atoms with Crippen LogP contribution < -0.4 is 16.0 Å². The molecule has 0 saturated carbocycles. The summed E-state index contributed by atoms with van der Waals surface area (Å²) in [6.07, 6.45) is 8.42. The minimum absolute atomic E-state index is 0.116. The van der Waals surface area contributed by atoms with Gasteiger partial charge in [-0.2, -0.15) is 0 Å². The maximum absolute atomic E-state index is 13.0. The summed E-state index contributed by atoms with van der Waals surface area (Å²) >= 11 is 1.32. The van der Waals surface area contributed by atoms with Gasteiger partial charge in [0, 0.05) is 31.0 Å². The number of thiophene rings is 1. The molecule has 0 spiro atoms. The van der Waals surface area contributed by atoms with E-state index < -0.39 is 0 Å². The summed E-state index contributed by atoms with van der Waals surface area (Å²) in [4.78, 5) is 25.6. The quantitative estimate of drug-likeness (QED) is 0.645. The highest BCUT2D eigenvalue weighted by Gasteiger charge is 2.26. The molecular weight excluding hydrogens is 406 g/mol. The number of amides is 1. The average Bonchev–Trinajstić information content (AvgIpc) is 3.10. The Morgan fingerprint density at radius 1 is 1.23 bits per heavy atom. The number of benzene rings is 1. The fourth-order valence-corrected chi connectivity index (χ4v) is 6.02. The second kappa shape index (κ2) is 8.11. The predicted molar refractivity (Wildman–Crippen MR) is 127 cm³/mol. The van der Waals surface area contributed by atoms with Crippen LogP contribution >= 0.6 is 11.3 Å². The number of carbonyl (C=O) groups excluding carboxylic acids is 1. The van der Waals surface area contributed by atoms with Crippen LogP contribution in [0.1, 0.15) is 57.7 Å². The van der Waals surface area contributed by atoms with Crippen LogP contribution in [0.4, 0.5) is 11.4 Å². The molecule has 2 aromatic heterocycles. The minimum atomic E-state index is -0.116. The van der Waals surface area contributed by atoms with Crippen molar-refractivity contribution in [1.29, 1.82) is 0 Å². The monoisotopic (exact) mass is 435 g/mol. The SMILES string of the molecule is Cc1cnc2c(N)c(C(=O)N[C@@H]3CCc4c(ccc(N5CCCCC5)c4C)C3)sc2n1. The van der Waals surface area contributed by atoms with E-state index in [1.807, 2.05) is 6.92 Å². The van der Waals surface area contributed by atoms with Gasteiger partial charge in [0.1, 0.15) is 15.2 Å². The predicted octanol–water partition coefficient (Wildman–Crippen LogP) is 4.17. The maximum atomic E-state index is 13.0. The van der Waals surface area contributed by atoms with Gasteiger partial charge in [-0.1, -0.05) is 6.07 Å². The van der Waals surface area contributed by atoms with Crippen LogP contribution in [0, 0.1) is 13.8 Å². The van der Waals surface area contributed by atoms with E-state index in [1.165, 1.54) is 53.0 Å². The van der Waals surface area contributed by atoms with Crippen molar-refractivity contribution in [2.75, 3.05) is 23.7 Å². The van der Waals surface area contributed by atoms with E-state index in [2.05, 4.69) is 39.2 Å². The molecular formula is C24H29N5OS. The van der Waals surface area contributed by atoms with Crippen molar-refractivity contribution in [3.63, 3.8) is 0 Å². The van der Waals surface area contributed by atoms with Crippen molar-refractivity contribution in [3.05, 3.63) is 45.6 Å². The highest BCUT2D eigenvalue weighted by Crippen LogP contribution is 2.34. The Morgan fingerprint density at radius 3 is 2.84 bits per heavy atom. The van der Waals surface area contributed by atoms with Gasteiger partial charge in [0.05, 0.1) is 11.4 Å². The topological polar surface area (TPSA) is 84.1 Å². The number of aromatic nitrogens is 2. The van der Waals surface area contributed by atoms with E-state index in [0.717, 1.165) is 42.9 Å². The Kier molecular flexibility index (Phi) is 5.30. The second-order valence-electron chi connectivity index (χ2n) is 8.82. The van der Waals surface area contributed by atoms with Crippen LogP contribution in [0.15, 0.2) is 18.3 Å². The lowest BCUT2D eigenvalue weighted by atomic mass is 9.84. The first-order valence-electron chi connectivity index (χ1n) is 11.2. The Balaban J connectivity index is 1.32. The number of anilines is 2. The number of rotatable bonds is 3. The normalized spacial score (nSPS) is 18.8. The van der Waals surface area contributed by atoms with E-state index in [1.54, 1.807) is 6.20 Å². The Hall–Kier alpha value is -2.67. The van der Waals surface area contributed by atoms with E-state index in [4.69, 9.17) is 5.73 Å². The third kappa shape index (κ3) is 3.76. The zero-order valence-electron chi connectivity index (χ0n) is 18.2. The number of hydrogen-bond donors (Lipinski definition) is 2. The number of fused-ring (bicyclic) bond motifs is 2. The van der Waals surface area contributed by atoms with E-state index in [0.29, 0.717) is 16.1 Å². The smallest absolute Gasteiger partial charge is 0.263 e. The summed E-state index contributed by atoms with van der Waals surface area (Å²) in [6.45, 7) is 6.48. The molecule has 2 aliphatic rings. The molecule has 162 valence electrons. The number of nitrogens with two attached hydrogens (primary N) is 1. The van der Waals surface area contributed by atoms with E-state index in [-0.39, 0.29) is 11.9 Å². The van der Waals surface area contributed by atoms with E-state index in [9.17, 15) is 4.79 Å². The molecule has 0 unspecified atom stereocenters. The van der Waals surface area contributed by atoms with Gasteiger partial charge in [-0.25, -0.2) is 9.97 Å². The molecule has 1 amide bonds. The first-order valence-corrected chi connectivity index (χ1v) is 12.0. The average molecular weight is 436 g/mol. The fourth-order valence-electron chi connectivity index (χ4n) is 5.02. The van der Waals surface area contributed by atoms with Crippen molar-refractivity contribution in [2.45, 2.75) is 58.4 Å². The molecule has 3 heterocycles. The van der Waals surface area contributed by atoms with Crippen molar-refractivity contribution < 1.29 is 4.79 Å². The number of nitrogen functional groups attached to an aromatic ring is 1. The lowest BCUT2D eigenvalue weighted by Gasteiger charge is -2.33. The van der Waals surface area contributed by atoms with Crippen molar-refractivity contribution in [1.82, 2.24) is 15.3 Å². The lowest BCUT2D eigenvalue weighted by Crippen LogP contribution is -2.39. The minimum Gasteiger partial charge on any atom is -0.396 e. The molecule has 1 aliphatic carbocycles. The first kappa shape index (κ1) is 20.2. The molecule has 7 heteroatoms. The van der Waals surface area contributed by atoms with Gasteiger partial charge in [-0.05, 0) is 75.1 Å². The van der Waals surface area contributed by atoms with Gasteiger partial charge in [0.25, 0.3) is 5.91 Å². The third-order valence-electron chi connectivity index (χ3n) is 6.67. The standard InChI is InChI=1S/C24H29N5OS/c1-14-13-26-21-20(25)22(31-24(21)27-14)23(30)28-17-7-8-18-15(2)19(9-6-16(18)12-17)29-10-4-3-5-11-29/h6,9,13,17H,3-5,7-8,10-12,25H2,1-2H3,(H,28,30)/t17-/m1/s1. The molecule has 1 aliphatic heterocycles. The summed E-state index contributed by atoms with van der Waals surface area (Å²) in [5, 5.41) is 3.22. The molecule has 3 N–H and O–H groups in total. The molecule has 0 bridgehead atoms. The summed E-state index contributed by atoms with van der Waals surface area (Å²) in [7, 11) is 0. The van der Waals surface area contributed by atoms with E-state index >= 15 is 0 Å². The largest absolute Gasteiger partial charge is 0.396 e. The van der Waals surface area contributed by atoms with Gasteiger partial charge in [0.2, 0.25) is 0 Å². The first-order chi connectivity index (χ1) is 15.0. The Labute approximate surface area is 186 Å². The Bertz CT molecular complexity index is 1150. The molecule has 0 radical (unpaired) electrons. The summed E-state index contributed by atoms with van der Waals surface area (Å²) in [6, 6.07) is 4.68. The van der Waals surface area contributed by atoms with Crippen LogP contribution in [0.25, 0.3) is 10.3 Å². The number of piperidine rings is 1. The van der Waals surface area contributed by atoms with Gasteiger partial charge < -0.3 is 16.0 Å². The van der Waals surface area contributed by atoms with Crippen LogP contribution in [0.5, 0.6) is 0 Å². The molecule has 1 atom stereocenters. The second-order valence-corrected chi connectivity index (χ2v) is 9.82. The third-order valence-corrected chi connectivity index (χ3v) is 7.76. The number of carbonyl (C=O) groups is 1. The zero-order chi connectivity index (χ0) is 21.5. The summed E-state index contributed by atoms with van der Waals surface area (Å²) < 4.78 is 0. The highest BCUT2D eigenvalue weighted by molar-refractivity contribution is 7.21. The number of nitrogens with one attached hydrogen (secondary N) is 1. The van der Waals surface area contributed by atoms with Crippen LogP contribution in [-0.2, 0) is 12.8 Å². The Morgan fingerprint density at radius 2 is 2.03 bits per heavy atom. The van der Waals surface area contributed by atoms with Crippen molar-refractivity contribution in [2.24, 2.45) is 0 Å². The highest BCUT2D eigenvalue weighted by atomic mass is 32.1. The number of aryl methyl sites for hydroxylation is 1. The van der Waals surface area contributed by atoms with Crippen molar-refractivity contribution >= 4 is 39.0 Å². The zero-order valence-corrected chi connectivity index (χ0v) is 19.0. The van der Waals surface area contributed by atoms with Gasteiger partial charge >= 0.3 is 0 Å². The van der Waals surface area contributed by atoms with Crippen LogP contribution in [0.2, 0.25) is 0 Å². The van der Waals surface area contributed by atoms with Gasteiger partial charge in [-0.3, -0.25) is 4.79 Å². The lowest BCUT2D eigenvalue weighted by molar-refractivity contribution is 0.0938.